The van der Waals surface area contributed by atoms with Crippen molar-refractivity contribution in [3.63, 3.8) is 0 Å². The molecule has 0 aliphatic rings. The van der Waals surface area contributed by atoms with Gasteiger partial charge in [0, 0.05) is 21.8 Å². The third-order valence-electron chi connectivity index (χ3n) is 3.25. The first-order chi connectivity index (χ1) is 9.89. The van der Waals surface area contributed by atoms with Crippen LogP contribution in [-0.4, -0.2) is 33.1 Å². The van der Waals surface area contributed by atoms with Crippen molar-refractivity contribution in [2.45, 2.75) is 33.2 Å². The van der Waals surface area contributed by atoms with Crippen molar-refractivity contribution in [3.8, 4) is 5.75 Å². The monoisotopic (exact) mass is 377 g/mol. The van der Waals surface area contributed by atoms with E-state index in [0.717, 1.165) is 22.3 Å². The largest absolute Gasteiger partial charge is 0.493 e. The molecule has 0 bridgehead atoms. The van der Waals surface area contributed by atoms with Crippen molar-refractivity contribution in [3.05, 3.63) is 28.2 Å². The fourth-order valence-electron chi connectivity index (χ4n) is 2.01. The van der Waals surface area contributed by atoms with Crippen LogP contribution in [0.4, 0.5) is 0 Å². The van der Waals surface area contributed by atoms with E-state index in [1.807, 2.05) is 18.2 Å². The molecule has 0 saturated carbocycles. The van der Waals surface area contributed by atoms with Gasteiger partial charge in [-0.3, -0.25) is 0 Å². The molecular formula is C15H24BrNO3S. The average molecular weight is 378 g/mol. The van der Waals surface area contributed by atoms with Gasteiger partial charge in [-0.1, -0.05) is 35.8 Å². The number of ether oxygens (including phenoxy) is 1. The fraction of sp³-hybridized carbons (Fsp3) is 0.600. The number of rotatable bonds is 9. The van der Waals surface area contributed by atoms with Gasteiger partial charge in [-0.2, -0.15) is 0 Å². The lowest BCUT2D eigenvalue weighted by atomic mass is 10.1. The van der Waals surface area contributed by atoms with Crippen LogP contribution < -0.4 is 10.1 Å². The van der Waals surface area contributed by atoms with Crippen LogP contribution in [0.5, 0.6) is 5.75 Å². The Labute approximate surface area is 136 Å². The standard InChI is InChI=1S/C15H24BrNO3S/c1-4-17-12(3)14-8-7-13(16)11-15(14)20-9-6-10-21(18,19)5-2/h7-8,11-12,17H,4-6,9-10H2,1-3H3. The van der Waals surface area contributed by atoms with Gasteiger partial charge in [0.25, 0.3) is 0 Å². The van der Waals surface area contributed by atoms with Crippen LogP contribution in [0, 0.1) is 0 Å². The molecule has 0 heterocycles. The zero-order valence-corrected chi connectivity index (χ0v) is 15.3. The summed E-state index contributed by atoms with van der Waals surface area (Å²) in [5.74, 6) is 1.16. The molecule has 1 atom stereocenters. The maximum Gasteiger partial charge on any atom is 0.150 e. The molecule has 0 amide bonds. The van der Waals surface area contributed by atoms with Gasteiger partial charge in [-0.05, 0) is 32.0 Å². The second-order valence-corrected chi connectivity index (χ2v) is 8.29. The molecule has 1 unspecified atom stereocenters. The Bertz CT molecular complexity index is 546. The Kier molecular flexibility index (Phi) is 7.70. The van der Waals surface area contributed by atoms with Crippen molar-refractivity contribution < 1.29 is 13.2 Å². The van der Waals surface area contributed by atoms with E-state index in [-0.39, 0.29) is 17.5 Å². The zero-order chi connectivity index (χ0) is 15.9. The van der Waals surface area contributed by atoms with E-state index in [4.69, 9.17) is 4.74 Å². The summed E-state index contributed by atoms with van der Waals surface area (Å²) in [5, 5.41) is 3.35. The highest BCUT2D eigenvalue weighted by Gasteiger charge is 2.12. The van der Waals surface area contributed by atoms with E-state index >= 15 is 0 Å². The Morgan fingerprint density at radius 1 is 1.33 bits per heavy atom. The third kappa shape index (κ3) is 6.36. The normalized spacial score (nSPS) is 13.1. The molecule has 0 aliphatic carbocycles. The molecule has 0 saturated heterocycles. The van der Waals surface area contributed by atoms with Crippen LogP contribution >= 0.6 is 15.9 Å². The lowest BCUT2D eigenvalue weighted by molar-refractivity contribution is 0.311. The van der Waals surface area contributed by atoms with E-state index in [9.17, 15) is 8.42 Å². The van der Waals surface area contributed by atoms with Crippen molar-refractivity contribution in [2.75, 3.05) is 24.7 Å². The van der Waals surface area contributed by atoms with Gasteiger partial charge in [0.05, 0.1) is 12.4 Å². The predicted octanol–water partition coefficient (Wildman–Crippen LogP) is 3.32. The Morgan fingerprint density at radius 2 is 2.05 bits per heavy atom. The number of halogens is 1. The Balaban J connectivity index is 2.67. The molecule has 120 valence electrons. The second-order valence-electron chi connectivity index (χ2n) is 4.90. The summed E-state index contributed by atoms with van der Waals surface area (Å²) in [6, 6.07) is 6.13. The van der Waals surface area contributed by atoms with Gasteiger partial charge < -0.3 is 10.1 Å². The maximum absolute atomic E-state index is 11.5. The summed E-state index contributed by atoms with van der Waals surface area (Å²) in [6.07, 6.45) is 0.512. The predicted molar refractivity (Wildman–Crippen MR) is 90.7 cm³/mol. The van der Waals surface area contributed by atoms with Crippen LogP contribution in [-0.2, 0) is 9.84 Å². The third-order valence-corrected chi connectivity index (χ3v) is 5.53. The highest BCUT2D eigenvalue weighted by molar-refractivity contribution is 9.10. The number of benzene rings is 1. The summed E-state index contributed by atoms with van der Waals surface area (Å²) in [7, 11) is -2.92. The van der Waals surface area contributed by atoms with E-state index in [1.165, 1.54) is 0 Å². The summed E-state index contributed by atoms with van der Waals surface area (Å²) in [5.41, 5.74) is 1.08. The highest BCUT2D eigenvalue weighted by Crippen LogP contribution is 2.28. The van der Waals surface area contributed by atoms with E-state index in [1.54, 1.807) is 6.92 Å². The van der Waals surface area contributed by atoms with Crippen molar-refractivity contribution in [2.24, 2.45) is 0 Å². The molecular weight excluding hydrogens is 354 g/mol. The lowest BCUT2D eigenvalue weighted by Gasteiger charge is -2.18. The van der Waals surface area contributed by atoms with Crippen LogP contribution in [0.2, 0.25) is 0 Å². The van der Waals surface area contributed by atoms with E-state index < -0.39 is 9.84 Å². The molecule has 1 N–H and O–H groups in total. The van der Waals surface area contributed by atoms with Crippen LogP contribution in [0.15, 0.2) is 22.7 Å². The minimum atomic E-state index is -2.92. The molecule has 0 radical (unpaired) electrons. The first-order valence-corrected chi connectivity index (χ1v) is 9.87. The minimum absolute atomic E-state index is 0.176. The van der Waals surface area contributed by atoms with Crippen molar-refractivity contribution in [1.29, 1.82) is 0 Å². The average Bonchev–Trinajstić information content (AvgIpc) is 2.44. The smallest absolute Gasteiger partial charge is 0.150 e. The SMILES string of the molecule is CCNC(C)c1ccc(Br)cc1OCCCS(=O)(=O)CC. The molecule has 0 spiro atoms. The molecule has 0 aliphatic heterocycles. The molecule has 6 heteroatoms. The molecule has 0 aromatic heterocycles. The summed E-state index contributed by atoms with van der Waals surface area (Å²) in [6.45, 7) is 7.10. The first kappa shape index (κ1) is 18.5. The molecule has 1 aromatic carbocycles. The molecule has 1 rings (SSSR count). The second kappa shape index (κ2) is 8.76. The number of nitrogens with one attached hydrogen (secondary N) is 1. The number of hydrogen-bond donors (Lipinski definition) is 1. The van der Waals surface area contributed by atoms with Gasteiger partial charge in [-0.15, -0.1) is 0 Å². The summed E-state index contributed by atoms with van der Waals surface area (Å²) >= 11 is 3.44. The van der Waals surface area contributed by atoms with Crippen LogP contribution in [0.3, 0.4) is 0 Å². The topological polar surface area (TPSA) is 55.4 Å². The maximum atomic E-state index is 11.5. The van der Waals surface area contributed by atoms with Crippen molar-refractivity contribution >= 4 is 25.8 Å². The van der Waals surface area contributed by atoms with Crippen molar-refractivity contribution in [1.82, 2.24) is 5.32 Å². The van der Waals surface area contributed by atoms with Gasteiger partial charge >= 0.3 is 0 Å². The Morgan fingerprint density at radius 3 is 2.67 bits per heavy atom. The molecule has 21 heavy (non-hydrogen) atoms. The van der Waals surface area contributed by atoms with Gasteiger partial charge in [0.1, 0.15) is 15.6 Å². The molecule has 1 aromatic rings. The highest BCUT2D eigenvalue weighted by atomic mass is 79.9. The Hall–Kier alpha value is -0.590. The lowest BCUT2D eigenvalue weighted by Crippen LogP contribution is -2.19. The van der Waals surface area contributed by atoms with Gasteiger partial charge in [-0.25, -0.2) is 8.42 Å². The summed E-state index contributed by atoms with van der Waals surface area (Å²) < 4.78 is 29.6. The van der Waals surface area contributed by atoms with Gasteiger partial charge in [0.15, 0.2) is 0 Å². The van der Waals surface area contributed by atoms with Gasteiger partial charge in [0.2, 0.25) is 0 Å². The zero-order valence-electron chi connectivity index (χ0n) is 12.9. The quantitative estimate of drug-likeness (QED) is 0.670. The van der Waals surface area contributed by atoms with Crippen LogP contribution in [0.25, 0.3) is 0 Å². The fourth-order valence-corrected chi connectivity index (χ4v) is 3.20. The van der Waals surface area contributed by atoms with E-state index in [2.05, 4.69) is 35.1 Å². The summed E-state index contributed by atoms with van der Waals surface area (Å²) in [4.78, 5) is 0. The van der Waals surface area contributed by atoms with Crippen LogP contribution in [0.1, 0.15) is 38.8 Å². The molecule has 4 nitrogen and oxygen atoms in total. The minimum Gasteiger partial charge on any atom is -0.493 e. The first-order valence-electron chi connectivity index (χ1n) is 7.25. The molecule has 0 fully saturated rings. The number of hydrogen-bond acceptors (Lipinski definition) is 4. The van der Waals surface area contributed by atoms with E-state index in [0.29, 0.717) is 13.0 Å². The number of sulfone groups is 1.